The van der Waals surface area contributed by atoms with Crippen molar-refractivity contribution in [2.75, 3.05) is 0 Å². The summed E-state index contributed by atoms with van der Waals surface area (Å²) >= 11 is 0. The highest BCUT2D eigenvalue weighted by atomic mass is 19.3. The van der Waals surface area contributed by atoms with Crippen molar-refractivity contribution in [2.45, 2.75) is 13.5 Å². The molecular weight excluding hydrogens is 370 g/mol. The molecule has 0 radical (unpaired) electrons. The second-order valence-electron chi connectivity index (χ2n) is 5.87. The number of hydrogen-bond acceptors (Lipinski definition) is 5. The first kappa shape index (κ1) is 19.2. The molecule has 3 rings (SSSR count). The van der Waals surface area contributed by atoms with Crippen LogP contribution >= 0.6 is 0 Å². The van der Waals surface area contributed by atoms with E-state index in [1.54, 1.807) is 37.3 Å². The van der Waals surface area contributed by atoms with Crippen molar-refractivity contribution in [3.63, 3.8) is 0 Å². The summed E-state index contributed by atoms with van der Waals surface area (Å²) in [5.74, 6) is -0.620. The molecule has 1 amide bonds. The van der Waals surface area contributed by atoms with Gasteiger partial charge in [-0.05, 0) is 25.1 Å². The number of rotatable bonds is 5. The molecule has 7 nitrogen and oxygen atoms in total. The number of hydrazone groups is 1. The van der Waals surface area contributed by atoms with E-state index < -0.39 is 12.5 Å². The molecule has 0 atom stereocenters. The first-order chi connectivity index (χ1) is 13.4. The second kappa shape index (κ2) is 7.95. The van der Waals surface area contributed by atoms with Gasteiger partial charge in [0.1, 0.15) is 5.75 Å². The third kappa shape index (κ3) is 4.03. The standard InChI is InChI=1S/C19H16F2N4O3/c1-11(12-6-5-7-13(10-12)28-19(20)21)22-23-17(26)16-14-8-3-4-9-15(14)18(27)25(2)24-16/h3-10,19H,1-2H3,(H,23,26)/b22-11+. The molecule has 0 unspecified atom stereocenters. The highest BCUT2D eigenvalue weighted by Crippen LogP contribution is 2.17. The molecule has 144 valence electrons. The summed E-state index contributed by atoms with van der Waals surface area (Å²) in [6, 6.07) is 12.6. The second-order valence-corrected chi connectivity index (χ2v) is 5.87. The molecule has 0 aliphatic heterocycles. The van der Waals surface area contributed by atoms with Crippen LogP contribution in [0.1, 0.15) is 23.0 Å². The summed E-state index contributed by atoms with van der Waals surface area (Å²) in [7, 11) is 1.45. The van der Waals surface area contributed by atoms with E-state index in [2.05, 4.69) is 20.4 Å². The van der Waals surface area contributed by atoms with Crippen LogP contribution in [0.5, 0.6) is 5.75 Å². The normalized spacial score (nSPS) is 11.7. The maximum absolute atomic E-state index is 12.6. The minimum Gasteiger partial charge on any atom is -0.435 e. The number of alkyl halides is 2. The minimum atomic E-state index is -2.93. The van der Waals surface area contributed by atoms with E-state index in [0.717, 1.165) is 4.68 Å². The van der Waals surface area contributed by atoms with Gasteiger partial charge in [0.2, 0.25) is 0 Å². The predicted molar refractivity (Wildman–Crippen MR) is 99.7 cm³/mol. The van der Waals surface area contributed by atoms with Crippen molar-refractivity contribution in [1.82, 2.24) is 15.2 Å². The number of carbonyl (C=O) groups excluding carboxylic acids is 1. The lowest BCUT2D eigenvalue weighted by Crippen LogP contribution is -2.27. The molecule has 2 aromatic carbocycles. The van der Waals surface area contributed by atoms with E-state index in [0.29, 0.717) is 22.0 Å². The summed E-state index contributed by atoms with van der Waals surface area (Å²) in [6.45, 7) is -1.33. The lowest BCUT2D eigenvalue weighted by Gasteiger charge is -2.08. The van der Waals surface area contributed by atoms with Gasteiger partial charge in [0.25, 0.3) is 11.5 Å². The largest absolute Gasteiger partial charge is 0.435 e. The Morgan fingerprint density at radius 3 is 2.61 bits per heavy atom. The summed E-state index contributed by atoms with van der Waals surface area (Å²) < 4.78 is 30.1. The first-order valence-corrected chi connectivity index (χ1v) is 8.22. The fraction of sp³-hybridized carbons (Fsp3) is 0.158. The number of aryl methyl sites for hydroxylation is 1. The van der Waals surface area contributed by atoms with Crippen molar-refractivity contribution in [2.24, 2.45) is 12.1 Å². The topological polar surface area (TPSA) is 85.6 Å². The van der Waals surface area contributed by atoms with Gasteiger partial charge >= 0.3 is 6.61 Å². The van der Waals surface area contributed by atoms with Gasteiger partial charge in [0, 0.05) is 18.0 Å². The van der Waals surface area contributed by atoms with Crippen molar-refractivity contribution in [3.8, 4) is 5.75 Å². The van der Waals surface area contributed by atoms with Crippen LogP contribution in [0, 0.1) is 0 Å². The van der Waals surface area contributed by atoms with E-state index in [1.165, 1.54) is 25.2 Å². The number of fused-ring (bicyclic) bond motifs is 1. The van der Waals surface area contributed by atoms with E-state index in [4.69, 9.17) is 0 Å². The van der Waals surface area contributed by atoms with E-state index >= 15 is 0 Å². The van der Waals surface area contributed by atoms with Crippen LogP contribution in [-0.2, 0) is 7.05 Å². The van der Waals surface area contributed by atoms with Crippen molar-refractivity contribution >= 4 is 22.4 Å². The number of halogens is 2. The Hall–Kier alpha value is -3.62. The Bertz CT molecular complexity index is 1130. The van der Waals surface area contributed by atoms with Crippen LogP contribution in [-0.4, -0.2) is 28.0 Å². The number of nitrogens with zero attached hydrogens (tertiary/aromatic N) is 3. The highest BCUT2D eigenvalue weighted by Gasteiger charge is 2.15. The van der Waals surface area contributed by atoms with Crippen LogP contribution < -0.4 is 15.7 Å². The van der Waals surface area contributed by atoms with Gasteiger partial charge in [0.15, 0.2) is 5.69 Å². The monoisotopic (exact) mass is 386 g/mol. The number of amides is 1. The van der Waals surface area contributed by atoms with E-state index in [1.807, 2.05) is 0 Å². The lowest BCUT2D eigenvalue weighted by atomic mass is 10.1. The first-order valence-electron chi connectivity index (χ1n) is 8.22. The molecule has 0 saturated heterocycles. The molecule has 3 aromatic rings. The predicted octanol–water partition coefficient (Wildman–Crippen LogP) is 2.69. The van der Waals surface area contributed by atoms with Crippen LogP contribution in [0.15, 0.2) is 58.4 Å². The highest BCUT2D eigenvalue weighted by molar-refractivity contribution is 6.06. The van der Waals surface area contributed by atoms with Gasteiger partial charge < -0.3 is 4.74 Å². The Balaban J connectivity index is 1.87. The molecular formula is C19H16F2N4O3. The summed E-state index contributed by atoms with van der Waals surface area (Å²) in [6.07, 6.45) is 0. The summed E-state index contributed by atoms with van der Waals surface area (Å²) in [5, 5.41) is 8.78. The van der Waals surface area contributed by atoms with Gasteiger partial charge in [-0.3, -0.25) is 9.59 Å². The third-order valence-corrected chi connectivity index (χ3v) is 3.97. The zero-order valence-electron chi connectivity index (χ0n) is 15.0. The van der Waals surface area contributed by atoms with E-state index in [-0.39, 0.29) is 17.0 Å². The molecule has 0 saturated carbocycles. The van der Waals surface area contributed by atoms with Crippen molar-refractivity contribution in [3.05, 3.63) is 70.1 Å². The van der Waals surface area contributed by atoms with E-state index in [9.17, 15) is 18.4 Å². The molecule has 1 heterocycles. The molecule has 1 aromatic heterocycles. The SMILES string of the molecule is C/C(=N\NC(=O)c1nn(C)c(=O)c2ccccc12)c1cccc(OC(F)F)c1. The fourth-order valence-electron chi connectivity index (χ4n) is 2.62. The average molecular weight is 386 g/mol. The zero-order valence-corrected chi connectivity index (χ0v) is 15.0. The molecule has 0 aliphatic carbocycles. The summed E-state index contributed by atoms with van der Waals surface area (Å²) in [5.41, 5.74) is 2.98. The van der Waals surface area contributed by atoms with Crippen LogP contribution in [0.4, 0.5) is 8.78 Å². The molecule has 0 aliphatic rings. The number of aromatic nitrogens is 2. The number of carbonyl (C=O) groups is 1. The van der Waals surface area contributed by atoms with Gasteiger partial charge in [-0.25, -0.2) is 10.1 Å². The summed E-state index contributed by atoms with van der Waals surface area (Å²) in [4.78, 5) is 24.7. The van der Waals surface area contributed by atoms with Gasteiger partial charge in [-0.1, -0.05) is 30.3 Å². The molecule has 0 spiro atoms. The molecule has 9 heteroatoms. The lowest BCUT2D eigenvalue weighted by molar-refractivity contribution is -0.0498. The van der Waals surface area contributed by atoms with Crippen LogP contribution in [0.3, 0.4) is 0 Å². The zero-order chi connectivity index (χ0) is 20.3. The molecule has 1 N–H and O–H groups in total. The Morgan fingerprint density at radius 1 is 1.18 bits per heavy atom. The Kier molecular flexibility index (Phi) is 5.44. The van der Waals surface area contributed by atoms with Crippen LogP contribution in [0.25, 0.3) is 10.8 Å². The number of nitrogens with one attached hydrogen (secondary N) is 1. The van der Waals surface area contributed by atoms with Gasteiger partial charge in [0.05, 0.1) is 11.1 Å². The quantitative estimate of drug-likeness (QED) is 0.540. The Labute approximate surface area is 158 Å². The van der Waals surface area contributed by atoms with Crippen LogP contribution in [0.2, 0.25) is 0 Å². The molecule has 0 fully saturated rings. The third-order valence-electron chi connectivity index (χ3n) is 3.97. The minimum absolute atomic E-state index is 0.0147. The smallest absolute Gasteiger partial charge is 0.387 e. The Morgan fingerprint density at radius 2 is 1.89 bits per heavy atom. The molecule has 0 bridgehead atoms. The molecule has 28 heavy (non-hydrogen) atoms. The maximum Gasteiger partial charge on any atom is 0.387 e. The number of benzene rings is 2. The maximum atomic E-state index is 12.6. The van der Waals surface area contributed by atoms with Gasteiger partial charge in [-0.2, -0.15) is 19.0 Å². The average Bonchev–Trinajstić information content (AvgIpc) is 2.68. The number of ether oxygens (including phenoxy) is 1. The fourth-order valence-corrected chi connectivity index (χ4v) is 2.62. The van der Waals surface area contributed by atoms with Crippen molar-refractivity contribution in [1.29, 1.82) is 0 Å². The van der Waals surface area contributed by atoms with Crippen molar-refractivity contribution < 1.29 is 18.3 Å². The number of hydrogen-bond donors (Lipinski definition) is 1. The van der Waals surface area contributed by atoms with Gasteiger partial charge in [-0.15, -0.1) is 0 Å².